The third kappa shape index (κ3) is 58.9. The summed E-state index contributed by atoms with van der Waals surface area (Å²) in [6, 6.07) is -0.626. The largest absolute Gasteiger partial charge is 0.466 e. The highest BCUT2D eigenvalue weighted by Gasteiger charge is 2.18. The molecule has 0 aliphatic carbocycles. The van der Waals surface area contributed by atoms with Crippen LogP contribution in [0, 0.1) is 0 Å². The molecule has 0 bridgehead atoms. The number of carbonyl (C=O) groups excluding carboxylic acids is 2. The van der Waals surface area contributed by atoms with Gasteiger partial charge in [0.2, 0.25) is 5.91 Å². The first-order valence-corrected chi connectivity index (χ1v) is 32.4. The molecule has 0 rings (SSSR count). The van der Waals surface area contributed by atoms with Gasteiger partial charge in [0.15, 0.2) is 0 Å². The average molecular weight is 1020 g/mol. The van der Waals surface area contributed by atoms with Crippen molar-refractivity contribution >= 4 is 11.9 Å². The number of unbranched alkanes of at least 4 members (excludes halogenated alkanes) is 43. The van der Waals surface area contributed by atoms with Crippen LogP contribution < -0.4 is 5.32 Å². The van der Waals surface area contributed by atoms with Gasteiger partial charge in [-0.25, -0.2) is 0 Å². The summed E-state index contributed by atoms with van der Waals surface area (Å²) in [6.45, 7) is 4.86. The van der Waals surface area contributed by atoms with Crippen LogP contribution in [0.25, 0.3) is 0 Å². The van der Waals surface area contributed by atoms with E-state index in [0.29, 0.717) is 19.4 Å². The number of nitrogens with one attached hydrogen (secondary N) is 1. The number of carbonyl (C=O) groups is 2. The molecule has 0 fully saturated rings. The summed E-state index contributed by atoms with van der Waals surface area (Å²) >= 11 is 0. The first kappa shape index (κ1) is 70.8. The van der Waals surface area contributed by atoms with Gasteiger partial charge in [0.1, 0.15) is 0 Å². The zero-order valence-electron chi connectivity index (χ0n) is 48.9. The van der Waals surface area contributed by atoms with Gasteiger partial charge in [-0.1, -0.05) is 294 Å². The average Bonchev–Trinajstić information content (AvgIpc) is 3.39. The molecule has 2 unspecified atom stereocenters. The Morgan fingerprint density at radius 2 is 0.699 bits per heavy atom. The zero-order chi connectivity index (χ0) is 52.9. The van der Waals surface area contributed by atoms with E-state index in [1.165, 1.54) is 263 Å². The van der Waals surface area contributed by atoms with E-state index in [0.717, 1.165) is 51.4 Å². The molecule has 6 heteroatoms. The molecule has 0 aliphatic rings. The quantitative estimate of drug-likeness (QED) is 0.0320. The molecule has 0 radical (unpaired) electrons. The lowest BCUT2D eigenvalue weighted by molar-refractivity contribution is -0.143. The van der Waals surface area contributed by atoms with Gasteiger partial charge in [-0.05, 0) is 83.5 Å². The van der Waals surface area contributed by atoms with Crippen molar-refractivity contribution in [3.63, 3.8) is 0 Å². The number of hydrogen-bond donors (Lipinski definition) is 3. The third-order valence-corrected chi connectivity index (χ3v) is 14.8. The maximum Gasteiger partial charge on any atom is 0.305 e. The lowest BCUT2D eigenvalue weighted by Gasteiger charge is -2.20. The van der Waals surface area contributed by atoms with Gasteiger partial charge < -0.3 is 20.3 Å². The van der Waals surface area contributed by atoms with Crippen molar-refractivity contribution in [2.45, 2.75) is 353 Å². The maximum absolute atomic E-state index is 12.4. The van der Waals surface area contributed by atoms with Crippen LogP contribution in [0.2, 0.25) is 0 Å². The van der Waals surface area contributed by atoms with E-state index in [9.17, 15) is 19.8 Å². The van der Waals surface area contributed by atoms with Crippen molar-refractivity contribution in [2.75, 3.05) is 13.2 Å². The highest BCUT2D eigenvalue weighted by molar-refractivity contribution is 5.76. The second-order valence-corrected chi connectivity index (χ2v) is 22.1. The Labute approximate surface area is 455 Å². The Morgan fingerprint density at radius 3 is 1.10 bits per heavy atom. The van der Waals surface area contributed by atoms with E-state index in [1.54, 1.807) is 6.08 Å². The smallest absolute Gasteiger partial charge is 0.305 e. The minimum Gasteiger partial charge on any atom is -0.466 e. The molecule has 0 saturated carbocycles. The molecule has 2 atom stereocenters. The summed E-state index contributed by atoms with van der Waals surface area (Å²) in [4.78, 5) is 24.5. The number of esters is 1. The summed E-state index contributed by atoms with van der Waals surface area (Å²) < 4.78 is 5.48. The summed E-state index contributed by atoms with van der Waals surface area (Å²) in [5, 5.41) is 23.1. The Morgan fingerprint density at radius 1 is 0.384 bits per heavy atom. The van der Waals surface area contributed by atoms with E-state index >= 15 is 0 Å². The van der Waals surface area contributed by atoms with Crippen LogP contribution in [0.5, 0.6) is 0 Å². The summed E-state index contributed by atoms with van der Waals surface area (Å²) in [7, 11) is 0. The summed E-state index contributed by atoms with van der Waals surface area (Å²) in [6.07, 6.45) is 80.3. The van der Waals surface area contributed by atoms with Crippen molar-refractivity contribution in [1.29, 1.82) is 0 Å². The topological polar surface area (TPSA) is 95.9 Å². The fraction of sp³-hybridized carbons (Fsp3) is 0.851. The van der Waals surface area contributed by atoms with Crippen LogP contribution in [0.4, 0.5) is 0 Å². The minimum atomic E-state index is -0.843. The second kappa shape index (κ2) is 62.4. The number of rotatable bonds is 60. The van der Waals surface area contributed by atoms with Gasteiger partial charge in [-0.3, -0.25) is 9.59 Å². The molecule has 3 N–H and O–H groups in total. The molecule has 0 spiro atoms. The van der Waals surface area contributed by atoms with Crippen molar-refractivity contribution in [2.24, 2.45) is 0 Å². The highest BCUT2D eigenvalue weighted by atomic mass is 16.5. The van der Waals surface area contributed by atoms with Crippen molar-refractivity contribution in [1.82, 2.24) is 5.32 Å². The minimum absolute atomic E-state index is 0.00181. The molecule has 428 valence electrons. The number of aliphatic hydroxyl groups is 2. The number of amides is 1. The molecule has 73 heavy (non-hydrogen) atoms. The predicted molar refractivity (Wildman–Crippen MR) is 319 cm³/mol. The van der Waals surface area contributed by atoms with E-state index < -0.39 is 12.1 Å². The van der Waals surface area contributed by atoms with E-state index in [4.69, 9.17) is 4.74 Å². The molecule has 0 aliphatic heterocycles. The number of allylic oxidation sites excluding steroid dienone is 7. The van der Waals surface area contributed by atoms with Gasteiger partial charge >= 0.3 is 5.97 Å². The first-order valence-electron chi connectivity index (χ1n) is 32.4. The first-order chi connectivity index (χ1) is 36.0. The normalized spacial score (nSPS) is 12.9. The Hall–Kier alpha value is -2.18. The molecule has 0 saturated heterocycles. The van der Waals surface area contributed by atoms with Crippen LogP contribution in [0.3, 0.4) is 0 Å². The van der Waals surface area contributed by atoms with Crippen molar-refractivity contribution in [3.05, 3.63) is 48.6 Å². The van der Waals surface area contributed by atoms with Crippen molar-refractivity contribution < 1.29 is 24.5 Å². The molecular weight excluding hydrogens is 899 g/mol. The molecule has 0 aromatic rings. The van der Waals surface area contributed by atoms with Gasteiger partial charge in [0, 0.05) is 12.8 Å². The van der Waals surface area contributed by atoms with Gasteiger partial charge in [-0.2, -0.15) is 0 Å². The van der Waals surface area contributed by atoms with Crippen LogP contribution in [0.15, 0.2) is 48.6 Å². The third-order valence-electron chi connectivity index (χ3n) is 14.8. The van der Waals surface area contributed by atoms with Crippen LogP contribution >= 0.6 is 0 Å². The van der Waals surface area contributed by atoms with E-state index in [-0.39, 0.29) is 18.5 Å². The van der Waals surface area contributed by atoms with Gasteiger partial charge in [0.25, 0.3) is 0 Å². The number of ether oxygens (including phenoxy) is 1. The molecule has 1 amide bonds. The predicted octanol–water partition coefficient (Wildman–Crippen LogP) is 20.5. The summed E-state index contributed by atoms with van der Waals surface area (Å²) in [5.41, 5.74) is 0. The monoisotopic (exact) mass is 1020 g/mol. The number of hydrogen-bond acceptors (Lipinski definition) is 5. The lowest BCUT2D eigenvalue weighted by Crippen LogP contribution is -2.45. The molecule has 0 heterocycles. The summed E-state index contributed by atoms with van der Waals surface area (Å²) in [5.74, 6) is -0.0650. The zero-order valence-corrected chi connectivity index (χ0v) is 48.9. The van der Waals surface area contributed by atoms with E-state index in [2.05, 4.69) is 55.6 Å². The maximum atomic E-state index is 12.4. The Balaban J connectivity index is 3.37. The standard InChI is InChI=1S/C67H125NO5/c1-3-5-7-9-11-13-15-17-37-41-45-49-53-57-61-67(72)73-62-58-54-50-46-42-38-35-33-31-29-27-25-23-21-19-18-20-22-24-26-28-30-32-34-36-40-44-48-52-56-60-66(71)68-64(63-69)65(70)59-55-51-47-43-39-16-14-12-10-8-6-4-2/h9,11,15,17,19,21,55,59,64-65,69-70H,3-8,10,12-14,16,18,20,22-54,56-58,60-63H2,1-2H3,(H,68,71)/b11-9-,17-15-,21-19-,59-55+. The van der Waals surface area contributed by atoms with Gasteiger partial charge in [0.05, 0.1) is 25.4 Å². The van der Waals surface area contributed by atoms with E-state index in [1.807, 2.05) is 6.08 Å². The lowest BCUT2D eigenvalue weighted by atomic mass is 10.0. The van der Waals surface area contributed by atoms with Crippen molar-refractivity contribution in [3.8, 4) is 0 Å². The van der Waals surface area contributed by atoms with Crippen LogP contribution in [0.1, 0.15) is 341 Å². The Kier molecular flexibility index (Phi) is 60.5. The SMILES string of the molecule is CCCC/C=C\C/C=C\CCCCCCCC(=O)OCCCCCCCCCCCCCC/C=C\CCCCCCCCCCCCCCCCC(=O)NC(CO)C(O)/C=C/CCCCCCCCCCCC. The van der Waals surface area contributed by atoms with Crippen LogP contribution in [-0.4, -0.2) is 47.4 Å². The molecule has 0 aromatic heterocycles. The Bertz CT molecular complexity index is 1230. The fourth-order valence-electron chi connectivity index (χ4n) is 9.82. The fourth-order valence-corrected chi connectivity index (χ4v) is 9.82. The second-order valence-electron chi connectivity index (χ2n) is 22.1. The van der Waals surface area contributed by atoms with Gasteiger partial charge in [-0.15, -0.1) is 0 Å². The molecule has 6 nitrogen and oxygen atoms in total. The molecule has 0 aromatic carbocycles. The highest BCUT2D eigenvalue weighted by Crippen LogP contribution is 2.17. The molecular formula is C67H125NO5. The number of aliphatic hydroxyl groups excluding tert-OH is 2. The van der Waals surface area contributed by atoms with Crippen LogP contribution in [-0.2, 0) is 14.3 Å².